The lowest BCUT2D eigenvalue weighted by Gasteiger charge is -2.27. The molecule has 2 aromatic carbocycles. The van der Waals surface area contributed by atoms with Crippen molar-refractivity contribution >= 4 is 10.0 Å². The van der Waals surface area contributed by atoms with Gasteiger partial charge in [-0.1, -0.05) is 63.2 Å². The van der Waals surface area contributed by atoms with Crippen LogP contribution in [0.1, 0.15) is 27.7 Å². The number of sulfonamides is 1. The fraction of sp³-hybridized carbons (Fsp3) is 0.333. The Hall–Kier alpha value is -1.65. The predicted molar refractivity (Wildman–Crippen MR) is 91.1 cm³/mol. The van der Waals surface area contributed by atoms with Gasteiger partial charge >= 0.3 is 0 Å². The monoisotopic (exact) mass is 317 g/mol. The van der Waals surface area contributed by atoms with Gasteiger partial charge in [0.15, 0.2) is 0 Å². The Morgan fingerprint density at radius 2 is 1.36 bits per heavy atom. The summed E-state index contributed by atoms with van der Waals surface area (Å²) in [5, 5.41) is 0. The Kier molecular flexibility index (Phi) is 4.73. The smallest absolute Gasteiger partial charge is 0.208 e. The van der Waals surface area contributed by atoms with E-state index in [2.05, 4.69) is 4.72 Å². The fourth-order valence-electron chi connectivity index (χ4n) is 1.93. The van der Waals surface area contributed by atoms with Gasteiger partial charge in [0.1, 0.15) is 0 Å². The van der Waals surface area contributed by atoms with Crippen LogP contribution in [-0.4, -0.2) is 14.5 Å². The van der Waals surface area contributed by atoms with Gasteiger partial charge in [0.05, 0.1) is 4.90 Å². The van der Waals surface area contributed by atoms with E-state index in [1.165, 1.54) is 0 Å². The summed E-state index contributed by atoms with van der Waals surface area (Å²) in [6, 6.07) is 16.7. The quantitative estimate of drug-likeness (QED) is 0.924. The molecule has 0 aliphatic heterocycles. The van der Waals surface area contributed by atoms with E-state index < -0.39 is 10.0 Å². The van der Waals surface area contributed by atoms with E-state index in [-0.39, 0.29) is 11.5 Å². The van der Waals surface area contributed by atoms with Gasteiger partial charge in [-0.15, -0.1) is 0 Å². The molecular formula is C18H23NO2S. The van der Waals surface area contributed by atoms with Gasteiger partial charge in [-0.2, -0.15) is 0 Å². The van der Waals surface area contributed by atoms with Crippen LogP contribution in [0.4, 0.5) is 0 Å². The minimum absolute atomic E-state index is 0.128. The molecule has 0 aliphatic rings. The van der Waals surface area contributed by atoms with Gasteiger partial charge in [0, 0.05) is 6.04 Å². The summed E-state index contributed by atoms with van der Waals surface area (Å²) in [6.45, 7) is 7.92. The van der Waals surface area contributed by atoms with Crippen molar-refractivity contribution in [1.82, 2.24) is 4.72 Å². The third kappa shape index (κ3) is 3.96. The van der Waals surface area contributed by atoms with E-state index in [0.29, 0.717) is 4.90 Å². The zero-order valence-corrected chi connectivity index (χ0v) is 14.3. The van der Waals surface area contributed by atoms with Crippen molar-refractivity contribution in [3.8, 4) is 11.1 Å². The average Bonchev–Trinajstić information content (AvgIpc) is 2.47. The molecule has 3 nitrogen and oxygen atoms in total. The third-order valence-electron chi connectivity index (χ3n) is 3.90. The molecule has 1 atom stereocenters. The summed E-state index contributed by atoms with van der Waals surface area (Å²) in [5.74, 6) is 0. The molecule has 0 bridgehead atoms. The lowest BCUT2D eigenvalue weighted by atomic mass is 9.89. The maximum atomic E-state index is 12.4. The van der Waals surface area contributed by atoms with E-state index in [1.54, 1.807) is 12.1 Å². The maximum Gasteiger partial charge on any atom is 0.240 e. The average molecular weight is 317 g/mol. The lowest BCUT2D eigenvalue weighted by molar-refractivity contribution is 0.317. The van der Waals surface area contributed by atoms with E-state index in [9.17, 15) is 8.42 Å². The second-order valence-corrected chi connectivity index (χ2v) is 8.31. The van der Waals surface area contributed by atoms with Crippen molar-refractivity contribution in [2.24, 2.45) is 5.41 Å². The van der Waals surface area contributed by atoms with Crippen LogP contribution < -0.4 is 4.72 Å². The Morgan fingerprint density at radius 1 is 0.864 bits per heavy atom. The topological polar surface area (TPSA) is 46.2 Å². The molecule has 0 radical (unpaired) electrons. The van der Waals surface area contributed by atoms with Gasteiger partial charge in [-0.25, -0.2) is 13.1 Å². The molecule has 0 spiro atoms. The highest BCUT2D eigenvalue weighted by atomic mass is 32.2. The molecule has 1 unspecified atom stereocenters. The zero-order chi connectivity index (χ0) is 16.4. The summed E-state index contributed by atoms with van der Waals surface area (Å²) in [6.07, 6.45) is 0. The number of rotatable bonds is 4. The molecule has 118 valence electrons. The minimum atomic E-state index is -3.49. The van der Waals surface area contributed by atoms with Crippen LogP contribution in [0.25, 0.3) is 11.1 Å². The number of benzene rings is 2. The molecule has 4 heteroatoms. The summed E-state index contributed by atoms with van der Waals surface area (Å²) >= 11 is 0. The largest absolute Gasteiger partial charge is 0.240 e. The molecule has 0 heterocycles. The first kappa shape index (κ1) is 16.7. The van der Waals surface area contributed by atoms with Crippen molar-refractivity contribution in [3.63, 3.8) is 0 Å². The van der Waals surface area contributed by atoms with Crippen LogP contribution in [-0.2, 0) is 10.0 Å². The summed E-state index contributed by atoms with van der Waals surface area (Å²) in [4.78, 5) is 0.295. The summed E-state index contributed by atoms with van der Waals surface area (Å²) in [7, 11) is -3.49. The minimum Gasteiger partial charge on any atom is -0.208 e. The predicted octanol–water partition coefficient (Wildman–Crippen LogP) is 4.07. The molecule has 22 heavy (non-hydrogen) atoms. The van der Waals surface area contributed by atoms with Crippen molar-refractivity contribution in [1.29, 1.82) is 0 Å². The molecule has 2 rings (SSSR count). The Bertz CT molecular complexity index is 714. The van der Waals surface area contributed by atoms with Gasteiger partial charge in [-0.05, 0) is 35.6 Å². The van der Waals surface area contributed by atoms with Crippen LogP contribution in [0.3, 0.4) is 0 Å². The van der Waals surface area contributed by atoms with Crippen LogP contribution in [0.5, 0.6) is 0 Å². The Balaban J connectivity index is 2.23. The SMILES string of the molecule is CC(NS(=O)(=O)c1ccc(-c2ccccc2)cc1)C(C)(C)C. The van der Waals surface area contributed by atoms with E-state index >= 15 is 0 Å². The molecular weight excluding hydrogens is 294 g/mol. The van der Waals surface area contributed by atoms with Crippen LogP contribution in [0.2, 0.25) is 0 Å². The first-order chi connectivity index (χ1) is 10.2. The molecule has 0 aliphatic carbocycles. The highest BCUT2D eigenvalue weighted by molar-refractivity contribution is 7.89. The third-order valence-corrected chi connectivity index (χ3v) is 5.46. The Labute approximate surface area is 133 Å². The molecule has 1 N–H and O–H groups in total. The molecule has 2 aromatic rings. The molecule has 0 aromatic heterocycles. The van der Waals surface area contributed by atoms with Gasteiger partial charge in [0.25, 0.3) is 0 Å². The van der Waals surface area contributed by atoms with Crippen molar-refractivity contribution in [3.05, 3.63) is 54.6 Å². The first-order valence-electron chi connectivity index (χ1n) is 7.38. The molecule has 0 saturated carbocycles. The summed E-state index contributed by atoms with van der Waals surface area (Å²) < 4.78 is 27.6. The molecule has 0 amide bonds. The molecule has 0 saturated heterocycles. The summed E-state index contributed by atoms with van der Waals surface area (Å²) in [5.41, 5.74) is 1.95. The normalized spacial score (nSPS) is 13.8. The van der Waals surface area contributed by atoms with Crippen molar-refractivity contribution < 1.29 is 8.42 Å². The second-order valence-electron chi connectivity index (χ2n) is 6.60. The number of hydrogen-bond acceptors (Lipinski definition) is 2. The Morgan fingerprint density at radius 3 is 1.86 bits per heavy atom. The van der Waals surface area contributed by atoms with E-state index in [0.717, 1.165) is 11.1 Å². The van der Waals surface area contributed by atoms with Gasteiger partial charge in [0.2, 0.25) is 10.0 Å². The second kappa shape index (κ2) is 6.23. The van der Waals surface area contributed by atoms with Crippen LogP contribution in [0.15, 0.2) is 59.5 Å². The standard InChI is InChI=1S/C18H23NO2S/c1-14(18(2,3)4)19-22(20,21)17-12-10-16(11-13-17)15-8-6-5-7-9-15/h5-14,19H,1-4H3. The fourth-order valence-corrected chi connectivity index (χ4v) is 3.38. The van der Waals surface area contributed by atoms with E-state index in [1.807, 2.05) is 70.2 Å². The van der Waals surface area contributed by atoms with Crippen LogP contribution >= 0.6 is 0 Å². The number of nitrogens with one attached hydrogen (secondary N) is 1. The first-order valence-corrected chi connectivity index (χ1v) is 8.86. The number of hydrogen-bond donors (Lipinski definition) is 1. The zero-order valence-electron chi connectivity index (χ0n) is 13.5. The maximum absolute atomic E-state index is 12.4. The molecule has 0 fully saturated rings. The van der Waals surface area contributed by atoms with Crippen LogP contribution in [0, 0.1) is 5.41 Å². The van der Waals surface area contributed by atoms with Crippen molar-refractivity contribution in [2.45, 2.75) is 38.6 Å². The lowest BCUT2D eigenvalue weighted by Crippen LogP contribution is -2.41. The highest BCUT2D eigenvalue weighted by Gasteiger charge is 2.25. The van der Waals surface area contributed by atoms with Gasteiger partial charge < -0.3 is 0 Å². The van der Waals surface area contributed by atoms with Gasteiger partial charge in [-0.3, -0.25) is 0 Å². The highest BCUT2D eigenvalue weighted by Crippen LogP contribution is 2.23. The van der Waals surface area contributed by atoms with Crippen molar-refractivity contribution in [2.75, 3.05) is 0 Å². The van der Waals surface area contributed by atoms with E-state index in [4.69, 9.17) is 0 Å².